The molecule has 0 bridgehead atoms. The number of hydrogen-bond donors (Lipinski definition) is 1. The Morgan fingerprint density at radius 1 is 1.10 bits per heavy atom. The molecular weight excluding hydrogens is 556 g/mol. The van der Waals surface area contributed by atoms with E-state index in [1.807, 2.05) is 69.8 Å². The van der Waals surface area contributed by atoms with Gasteiger partial charge in [0.05, 0.1) is 27.0 Å². The molecule has 9 heteroatoms. The van der Waals surface area contributed by atoms with Gasteiger partial charge in [-0.1, -0.05) is 23.7 Å². The molecular formula is C32H33ClN4O3S. The van der Waals surface area contributed by atoms with Crippen molar-refractivity contribution in [2.45, 2.75) is 45.3 Å². The second-order valence-electron chi connectivity index (χ2n) is 12.0. The summed E-state index contributed by atoms with van der Waals surface area (Å²) in [6.07, 6.45) is -1.15. The van der Waals surface area contributed by atoms with Crippen LogP contribution in [-0.2, 0) is 16.6 Å². The highest BCUT2D eigenvalue weighted by molar-refractivity contribution is 7.22. The zero-order valence-corrected chi connectivity index (χ0v) is 25.6. The van der Waals surface area contributed by atoms with Crippen LogP contribution in [0.1, 0.15) is 49.6 Å². The molecule has 212 valence electrons. The molecule has 1 saturated heterocycles. The first kappa shape index (κ1) is 27.8. The van der Waals surface area contributed by atoms with Crippen LogP contribution in [0.4, 0.5) is 0 Å². The molecule has 41 heavy (non-hydrogen) atoms. The first-order valence-corrected chi connectivity index (χ1v) is 14.8. The molecule has 1 aliphatic rings. The average Bonchev–Trinajstić information content (AvgIpc) is 3.45. The van der Waals surface area contributed by atoms with Crippen LogP contribution in [0.15, 0.2) is 48.5 Å². The summed E-state index contributed by atoms with van der Waals surface area (Å²) in [4.78, 5) is 20.0. The summed E-state index contributed by atoms with van der Waals surface area (Å²) in [7, 11) is 4.12. The SMILES string of the molecule is Cc1cc2nc(-c3ccc4c(c3)c(C3CN(C)C3)nn4C)sc2c(-c2ccc(Cl)cc2)c1[C@H](OC(C)(C)C)C(=O)O. The minimum absolute atomic E-state index is 0.423. The number of hydrogen-bond acceptors (Lipinski definition) is 6. The first-order valence-electron chi connectivity index (χ1n) is 13.7. The van der Waals surface area contributed by atoms with Gasteiger partial charge in [0.2, 0.25) is 0 Å². The van der Waals surface area contributed by atoms with Crippen LogP contribution in [-0.4, -0.2) is 56.5 Å². The van der Waals surface area contributed by atoms with Crippen molar-refractivity contribution in [2.75, 3.05) is 20.1 Å². The topological polar surface area (TPSA) is 80.5 Å². The first-order chi connectivity index (χ1) is 19.4. The number of thiazole rings is 1. The molecule has 1 fully saturated rings. The molecule has 0 unspecified atom stereocenters. The largest absolute Gasteiger partial charge is 0.479 e. The van der Waals surface area contributed by atoms with E-state index in [9.17, 15) is 9.90 Å². The number of aliphatic carboxylic acids is 1. The van der Waals surface area contributed by atoms with Gasteiger partial charge in [0.1, 0.15) is 5.01 Å². The van der Waals surface area contributed by atoms with E-state index < -0.39 is 17.7 Å². The van der Waals surface area contributed by atoms with Gasteiger partial charge in [0, 0.05) is 53.2 Å². The van der Waals surface area contributed by atoms with E-state index in [4.69, 9.17) is 26.4 Å². The number of halogens is 1. The highest BCUT2D eigenvalue weighted by atomic mass is 35.5. The maximum Gasteiger partial charge on any atom is 0.337 e. The predicted molar refractivity (Wildman–Crippen MR) is 166 cm³/mol. The molecule has 2 aromatic heterocycles. The third-order valence-corrected chi connectivity index (χ3v) is 8.98. The molecule has 6 rings (SSSR count). The normalized spacial score (nSPS) is 15.5. The third kappa shape index (κ3) is 5.14. The Kier molecular flexibility index (Phi) is 6.93. The number of carbonyl (C=O) groups is 1. The molecule has 3 heterocycles. The van der Waals surface area contributed by atoms with E-state index in [0.29, 0.717) is 16.5 Å². The summed E-state index contributed by atoms with van der Waals surface area (Å²) in [5.74, 6) is -0.606. The van der Waals surface area contributed by atoms with Crippen LogP contribution in [0.25, 0.3) is 42.8 Å². The number of ether oxygens (including phenoxy) is 1. The maximum absolute atomic E-state index is 12.6. The number of likely N-dealkylation sites (N-methyl/N-ethyl adjacent to an activating group) is 1. The highest BCUT2D eigenvalue weighted by Crippen LogP contribution is 2.45. The quantitative estimate of drug-likeness (QED) is 0.222. The van der Waals surface area contributed by atoms with Gasteiger partial charge in [0.25, 0.3) is 0 Å². The van der Waals surface area contributed by atoms with Gasteiger partial charge in [-0.15, -0.1) is 11.3 Å². The lowest BCUT2D eigenvalue weighted by atomic mass is 9.91. The summed E-state index contributed by atoms with van der Waals surface area (Å²) >= 11 is 7.81. The molecule has 5 aromatic rings. The van der Waals surface area contributed by atoms with Gasteiger partial charge in [0.15, 0.2) is 6.10 Å². The predicted octanol–water partition coefficient (Wildman–Crippen LogP) is 7.45. The van der Waals surface area contributed by atoms with E-state index in [0.717, 1.165) is 67.2 Å². The Morgan fingerprint density at radius 3 is 2.41 bits per heavy atom. The van der Waals surface area contributed by atoms with Gasteiger partial charge in [-0.25, -0.2) is 9.78 Å². The second-order valence-corrected chi connectivity index (χ2v) is 13.4. The van der Waals surface area contributed by atoms with Crippen molar-refractivity contribution in [1.82, 2.24) is 19.7 Å². The van der Waals surface area contributed by atoms with Gasteiger partial charge >= 0.3 is 5.97 Å². The van der Waals surface area contributed by atoms with Crippen LogP contribution >= 0.6 is 22.9 Å². The lowest BCUT2D eigenvalue weighted by Crippen LogP contribution is -2.42. The van der Waals surface area contributed by atoms with Gasteiger partial charge in [-0.2, -0.15) is 5.10 Å². The van der Waals surface area contributed by atoms with Crippen LogP contribution in [0.5, 0.6) is 0 Å². The fourth-order valence-electron chi connectivity index (χ4n) is 5.76. The number of rotatable bonds is 6. The number of benzene rings is 3. The molecule has 1 N–H and O–H groups in total. The summed E-state index contributed by atoms with van der Waals surface area (Å²) in [6.45, 7) is 9.55. The Balaban J connectivity index is 1.56. The molecule has 1 atom stereocenters. The smallest absolute Gasteiger partial charge is 0.337 e. The molecule has 3 aromatic carbocycles. The van der Waals surface area contributed by atoms with E-state index in [-0.39, 0.29) is 0 Å². The monoisotopic (exact) mass is 588 g/mol. The number of carboxylic acids is 1. The standard InChI is InChI=1S/C32H33ClN4O3S/c1-17-13-23-29(26(18-7-10-21(33)11-8-18)25(17)28(31(38)39)40-32(2,3)4)41-30(34-23)19-9-12-24-22(14-19)27(35-37(24)6)20-15-36(5)16-20/h7-14,20,28H,15-16H2,1-6H3,(H,38,39)/t28-/m0/s1. The zero-order chi connectivity index (χ0) is 29.2. The molecule has 0 spiro atoms. The number of fused-ring (bicyclic) bond motifs is 2. The van der Waals surface area contributed by atoms with Gasteiger partial charge in [-0.05, 0) is 82.3 Å². The van der Waals surface area contributed by atoms with Crippen molar-refractivity contribution in [3.8, 4) is 21.7 Å². The third-order valence-electron chi connectivity index (χ3n) is 7.60. The second kappa shape index (κ2) is 10.2. The molecule has 0 aliphatic carbocycles. The van der Waals surface area contributed by atoms with Crippen molar-refractivity contribution < 1.29 is 14.6 Å². The van der Waals surface area contributed by atoms with E-state index in [1.165, 1.54) is 0 Å². The Morgan fingerprint density at radius 2 is 1.78 bits per heavy atom. The summed E-state index contributed by atoms with van der Waals surface area (Å²) in [5.41, 5.74) is 6.55. The minimum Gasteiger partial charge on any atom is -0.479 e. The lowest BCUT2D eigenvalue weighted by molar-refractivity contribution is -0.160. The van der Waals surface area contributed by atoms with Gasteiger partial charge < -0.3 is 14.7 Å². The van der Waals surface area contributed by atoms with E-state index >= 15 is 0 Å². The molecule has 7 nitrogen and oxygen atoms in total. The number of likely N-dealkylation sites (tertiary alicyclic amines) is 1. The molecule has 0 radical (unpaired) electrons. The number of aryl methyl sites for hydroxylation is 2. The Labute approximate surface area is 248 Å². The van der Waals surface area contributed by atoms with Crippen molar-refractivity contribution >= 4 is 50.0 Å². The Bertz CT molecular complexity index is 1800. The van der Waals surface area contributed by atoms with E-state index in [1.54, 1.807) is 11.3 Å². The molecule has 0 amide bonds. The van der Waals surface area contributed by atoms with Crippen molar-refractivity contribution in [3.05, 3.63) is 70.4 Å². The van der Waals surface area contributed by atoms with Crippen molar-refractivity contribution in [2.24, 2.45) is 7.05 Å². The van der Waals surface area contributed by atoms with Crippen LogP contribution < -0.4 is 0 Å². The van der Waals surface area contributed by atoms with Crippen molar-refractivity contribution in [3.63, 3.8) is 0 Å². The maximum atomic E-state index is 12.6. The lowest BCUT2D eigenvalue weighted by Gasteiger charge is -2.35. The number of aromatic nitrogens is 3. The fourth-order valence-corrected chi connectivity index (χ4v) is 7.01. The number of nitrogens with zero attached hydrogens (tertiary/aromatic N) is 4. The van der Waals surface area contributed by atoms with E-state index in [2.05, 4.69) is 30.1 Å². The van der Waals surface area contributed by atoms with Gasteiger partial charge in [-0.3, -0.25) is 4.68 Å². The summed E-state index contributed by atoms with van der Waals surface area (Å²) < 4.78 is 9.02. The number of carboxylic acid groups (broad SMARTS) is 1. The summed E-state index contributed by atoms with van der Waals surface area (Å²) in [6, 6.07) is 15.9. The average molecular weight is 589 g/mol. The highest BCUT2D eigenvalue weighted by Gasteiger charge is 2.33. The fraction of sp³-hybridized carbons (Fsp3) is 0.344. The van der Waals surface area contributed by atoms with Crippen LogP contribution in [0.2, 0.25) is 5.02 Å². The Hall–Kier alpha value is -3.30. The molecule has 0 saturated carbocycles. The van der Waals surface area contributed by atoms with Crippen molar-refractivity contribution in [1.29, 1.82) is 0 Å². The zero-order valence-electron chi connectivity index (χ0n) is 24.0. The van der Waals surface area contributed by atoms with Crippen LogP contribution in [0, 0.1) is 6.92 Å². The summed E-state index contributed by atoms with van der Waals surface area (Å²) in [5, 5.41) is 17.8. The van der Waals surface area contributed by atoms with Crippen LogP contribution in [0.3, 0.4) is 0 Å². The molecule has 1 aliphatic heterocycles. The minimum atomic E-state index is -1.15.